The second kappa shape index (κ2) is 9.41. The number of aromatic nitrogens is 1. The van der Waals surface area contributed by atoms with E-state index in [9.17, 15) is 14.4 Å². The molecule has 2 amide bonds. The standard InChI is InChI=1S/C23H22ClN3O3/c1-3-15(2)25-22(29)19-8-6-14-27(23(19)30)17-12-10-16(11-13-17)26-21(28)18-7-4-5-9-20(18)24/h4-15H,3H2,1-2H3,(H,25,29)(H,26,28)/t15-/m0/s1. The number of hydrogen-bond donors (Lipinski definition) is 2. The predicted molar refractivity (Wildman–Crippen MR) is 119 cm³/mol. The van der Waals surface area contributed by atoms with Crippen LogP contribution >= 0.6 is 11.6 Å². The lowest BCUT2D eigenvalue weighted by Gasteiger charge is -2.13. The summed E-state index contributed by atoms with van der Waals surface area (Å²) in [5, 5.41) is 5.95. The Kier molecular flexibility index (Phi) is 6.69. The minimum absolute atomic E-state index is 0.0217. The van der Waals surface area contributed by atoms with Crippen LogP contribution in [0.3, 0.4) is 0 Å². The van der Waals surface area contributed by atoms with Crippen molar-refractivity contribution in [3.63, 3.8) is 0 Å². The molecule has 154 valence electrons. The third kappa shape index (κ3) is 4.78. The molecule has 0 radical (unpaired) electrons. The predicted octanol–water partition coefficient (Wildman–Crippen LogP) is 4.27. The largest absolute Gasteiger partial charge is 0.349 e. The third-order valence-electron chi connectivity index (χ3n) is 4.70. The van der Waals surface area contributed by atoms with E-state index in [-0.39, 0.29) is 17.5 Å². The van der Waals surface area contributed by atoms with Crippen molar-refractivity contribution >= 4 is 29.1 Å². The summed E-state index contributed by atoms with van der Waals surface area (Å²) in [5.41, 5.74) is 1.18. The first-order valence-corrected chi connectivity index (χ1v) is 9.97. The summed E-state index contributed by atoms with van der Waals surface area (Å²) in [6, 6.07) is 16.7. The van der Waals surface area contributed by atoms with E-state index in [1.807, 2.05) is 13.8 Å². The number of anilines is 1. The number of nitrogens with one attached hydrogen (secondary N) is 2. The first-order valence-electron chi connectivity index (χ1n) is 9.59. The highest BCUT2D eigenvalue weighted by Gasteiger charge is 2.15. The molecule has 2 N–H and O–H groups in total. The van der Waals surface area contributed by atoms with Crippen molar-refractivity contribution in [3.05, 3.63) is 93.4 Å². The molecule has 6 nitrogen and oxygen atoms in total. The highest BCUT2D eigenvalue weighted by molar-refractivity contribution is 6.34. The molecule has 3 aromatic rings. The highest BCUT2D eigenvalue weighted by Crippen LogP contribution is 2.18. The van der Waals surface area contributed by atoms with Gasteiger partial charge in [0.2, 0.25) is 0 Å². The maximum absolute atomic E-state index is 12.8. The van der Waals surface area contributed by atoms with Gasteiger partial charge < -0.3 is 10.6 Å². The molecule has 0 spiro atoms. The second-order valence-electron chi connectivity index (χ2n) is 6.86. The van der Waals surface area contributed by atoms with Gasteiger partial charge in [-0.2, -0.15) is 0 Å². The van der Waals surface area contributed by atoms with Crippen LogP contribution in [0.5, 0.6) is 0 Å². The Morgan fingerprint density at radius 2 is 1.63 bits per heavy atom. The first kappa shape index (κ1) is 21.3. The van der Waals surface area contributed by atoms with Gasteiger partial charge in [-0.05, 0) is 61.9 Å². The topological polar surface area (TPSA) is 80.2 Å². The summed E-state index contributed by atoms with van der Waals surface area (Å²) in [7, 11) is 0. The third-order valence-corrected chi connectivity index (χ3v) is 5.03. The van der Waals surface area contributed by atoms with Crippen LogP contribution in [-0.4, -0.2) is 22.4 Å². The molecular formula is C23H22ClN3O3. The average Bonchev–Trinajstić information content (AvgIpc) is 2.74. The normalized spacial score (nSPS) is 11.6. The van der Waals surface area contributed by atoms with Gasteiger partial charge in [0.25, 0.3) is 17.4 Å². The number of amides is 2. The molecule has 3 rings (SSSR count). The lowest BCUT2D eigenvalue weighted by Crippen LogP contribution is -2.36. The van der Waals surface area contributed by atoms with Crippen molar-refractivity contribution < 1.29 is 9.59 Å². The fraction of sp³-hybridized carbons (Fsp3) is 0.174. The van der Waals surface area contributed by atoms with Crippen LogP contribution in [0.4, 0.5) is 5.69 Å². The molecule has 0 unspecified atom stereocenters. The quantitative estimate of drug-likeness (QED) is 0.621. The second-order valence-corrected chi connectivity index (χ2v) is 7.27. The van der Waals surface area contributed by atoms with Gasteiger partial charge in [0.15, 0.2) is 0 Å². The van der Waals surface area contributed by atoms with Crippen molar-refractivity contribution in [2.75, 3.05) is 5.32 Å². The zero-order valence-corrected chi connectivity index (χ0v) is 17.4. The summed E-state index contributed by atoms with van der Waals surface area (Å²) in [6.07, 6.45) is 2.37. The number of benzene rings is 2. The van der Waals surface area contributed by atoms with Gasteiger partial charge in [-0.15, -0.1) is 0 Å². The smallest absolute Gasteiger partial charge is 0.267 e. The molecule has 0 fully saturated rings. The van der Waals surface area contributed by atoms with E-state index in [2.05, 4.69) is 10.6 Å². The van der Waals surface area contributed by atoms with Crippen molar-refractivity contribution in [1.29, 1.82) is 0 Å². The summed E-state index contributed by atoms with van der Waals surface area (Å²) < 4.78 is 1.39. The van der Waals surface area contributed by atoms with Crippen LogP contribution in [0.25, 0.3) is 5.69 Å². The number of pyridine rings is 1. The number of carbonyl (C=O) groups is 2. The Morgan fingerprint density at radius 1 is 0.967 bits per heavy atom. The average molecular weight is 424 g/mol. The van der Waals surface area contributed by atoms with Crippen LogP contribution in [0, 0.1) is 0 Å². The number of hydrogen-bond acceptors (Lipinski definition) is 3. The maximum Gasteiger partial charge on any atom is 0.267 e. The number of rotatable bonds is 6. The van der Waals surface area contributed by atoms with Gasteiger partial charge in [0, 0.05) is 23.6 Å². The van der Waals surface area contributed by atoms with Gasteiger partial charge in [-0.1, -0.05) is 30.7 Å². The number of carbonyl (C=O) groups excluding carboxylic acids is 2. The van der Waals surface area contributed by atoms with Crippen molar-refractivity contribution in [2.24, 2.45) is 0 Å². The van der Waals surface area contributed by atoms with E-state index in [4.69, 9.17) is 11.6 Å². The van der Waals surface area contributed by atoms with Crippen LogP contribution in [0.1, 0.15) is 41.0 Å². The highest BCUT2D eigenvalue weighted by atomic mass is 35.5. The minimum Gasteiger partial charge on any atom is -0.349 e. The van der Waals surface area contributed by atoms with Crippen LogP contribution in [0.15, 0.2) is 71.7 Å². The molecule has 7 heteroatoms. The fourth-order valence-corrected chi connectivity index (χ4v) is 3.04. The maximum atomic E-state index is 12.8. The van der Waals surface area contributed by atoms with Crippen LogP contribution < -0.4 is 16.2 Å². The van der Waals surface area contributed by atoms with E-state index in [1.165, 1.54) is 10.6 Å². The molecule has 0 saturated carbocycles. The molecule has 0 bridgehead atoms. The summed E-state index contributed by atoms with van der Waals surface area (Å²) in [4.78, 5) is 37.5. The first-order chi connectivity index (χ1) is 14.4. The lowest BCUT2D eigenvalue weighted by atomic mass is 10.2. The Hall–Kier alpha value is -3.38. The SMILES string of the molecule is CC[C@H](C)NC(=O)c1cccn(-c2ccc(NC(=O)c3ccccc3Cl)cc2)c1=O. The summed E-state index contributed by atoms with van der Waals surface area (Å²) in [5.74, 6) is -0.721. The van der Waals surface area contributed by atoms with Gasteiger partial charge in [0.05, 0.1) is 10.6 Å². The van der Waals surface area contributed by atoms with Gasteiger partial charge in [-0.25, -0.2) is 0 Å². The van der Waals surface area contributed by atoms with Crippen LogP contribution in [-0.2, 0) is 0 Å². The Morgan fingerprint density at radius 3 is 2.30 bits per heavy atom. The molecular weight excluding hydrogens is 402 g/mol. The molecule has 0 aliphatic heterocycles. The fourth-order valence-electron chi connectivity index (χ4n) is 2.82. The molecule has 1 heterocycles. The summed E-state index contributed by atoms with van der Waals surface area (Å²) in [6.45, 7) is 3.84. The Bertz CT molecular complexity index is 1120. The number of nitrogens with zero attached hydrogens (tertiary/aromatic N) is 1. The van der Waals surface area contributed by atoms with Gasteiger partial charge >= 0.3 is 0 Å². The summed E-state index contributed by atoms with van der Waals surface area (Å²) >= 11 is 6.06. The number of halogens is 1. The van der Waals surface area contributed by atoms with Gasteiger partial charge in [0.1, 0.15) is 5.56 Å². The Balaban J connectivity index is 1.80. The molecule has 0 saturated heterocycles. The molecule has 0 aliphatic carbocycles. The van der Waals surface area contributed by atoms with E-state index in [1.54, 1.807) is 60.8 Å². The van der Waals surface area contributed by atoms with Crippen molar-refractivity contribution in [1.82, 2.24) is 9.88 Å². The monoisotopic (exact) mass is 423 g/mol. The van der Waals surface area contributed by atoms with Crippen molar-refractivity contribution in [3.8, 4) is 5.69 Å². The van der Waals surface area contributed by atoms with E-state index >= 15 is 0 Å². The Labute approximate surface area is 179 Å². The molecule has 0 aliphatic rings. The molecule has 2 aromatic carbocycles. The van der Waals surface area contributed by atoms with E-state index in [0.717, 1.165) is 6.42 Å². The molecule has 1 atom stereocenters. The van der Waals surface area contributed by atoms with Crippen molar-refractivity contribution in [2.45, 2.75) is 26.3 Å². The zero-order valence-electron chi connectivity index (χ0n) is 16.7. The van der Waals surface area contributed by atoms with E-state index in [0.29, 0.717) is 22.0 Å². The minimum atomic E-state index is -0.411. The lowest BCUT2D eigenvalue weighted by molar-refractivity contribution is 0.0936. The van der Waals surface area contributed by atoms with E-state index < -0.39 is 11.5 Å². The molecule has 30 heavy (non-hydrogen) atoms. The molecule has 1 aromatic heterocycles. The van der Waals surface area contributed by atoms with Crippen LogP contribution in [0.2, 0.25) is 5.02 Å². The van der Waals surface area contributed by atoms with Gasteiger partial charge in [-0.3, -0.25) is 19.0 Å². The zero-order chi connectivity index (χ0) is 21.7.